The first-order chi connectivity index (χ1) is 13.7. The molecule has 1 N–H and O–H groups in total. The van der Waals surface area contributed by atoms with Gasteiger partial charge in [-0.3, -0.25) is 14.5 Å². The molecule has 2 amide bonds. The normalized spacial score (nSPS) is 14.6. The number of hydrogen-bond acceptors (Lipinski definition) is 6. The number of rotatable bonds is 5. The van der Waals surface area contributed by atoms with E-state index < -0.39 is 27.8 Å². The van der Waals surface area contributed by atoms with Crippen molar-refractivity contribution in [2.45, 2.75) is 24.8 Å². The smallest absolute Gasteiger partial charge is 0.340 e. The van der Waals surface area contributed by atoms with Crippen LogP contribution in [0.3, 0.4) is 0 Å². The van der Waals surface area contributed by atoms with Gasteiger partial charge < -0.3 is 10.1 Å². The number of nitrogens with zero attached hydrogens (tertiary/aromatic N) is 1. The van der Waals surface area contributed by atoms with Crippen molar-refractivity contribution in [2.75, 3.05) is 22.5 Å². The molecule has 0 saturated carbocycles. The molecule has 0 fully saturated rings. The Hall–Kier alpha value is -3.20. The summed E-state index contributed by atoms with van der Waals surface area (Å²) in [6.07, 6.45) is -1.22. The summed E-state index contributed by atoms with van der Waals surface area (Å²) >= 11 is 0. The summed E-state index contributed by atoms with van der Waals surface area (Å²) in [6, 6.07) is 12.5. The Balaban J connectivity index is 1.83. The molecule has 1 heterocycles. The lowest BCUT2D eigenvalue weighted by Crippen LogP contribution is -2.47. The molecule has 152 valence electrons. The Labute approximate surface area is 168 Å². The fraction of sp³-hybridized carbons (Fsp3) is 0.250. The van der Waals surface area contributed by atoms with Crippen molar-refractivity contribution in [3.8, 4) is 0 Å². The lowest BCUT2D eigenvalue weighted by molar-refractivity contribution is -0.128. The average molecular weight is 416 g/mol. The molecule has 1 aliphatic rings. The van der Waals surface area contributed by atoms with Gasteiger partial charge in [0.15, 0.2) is 15.9 Å². The lowest BCUT2D eigenvalue weighted by Gasteiger charge is -2.30. The van der Waals surface area contributed by atoms with Crippen LogP contribution in [-0.4, -0.2) is 44.6 Å². The summed E-state index contributed by atoms with van der Waals surface area (Å²) in [5, 5.41) is 2.67. The number of anilines is 2. The average Bonchev–Trinajstić information content (AvgIpc) is 2.72. The maximum Gasteiger partial charge on any atom is 0.340 e. The van der Waals surface area contributed by atoms with E-state index in [9.17, 15) is 22.8 Å². The van der Waals surface area contributed by atoms with E-state index in [1.165, 1.54) is 43.0 Å². The van der Waals surface area contributed by atoms with Crippen molar-refractivity contribution >= 4 is 39.0 Å². The minimum absolute atomic E-state index is 0.134. The van der Waals surface area contributed by atoms with Gasteiger partial charge in [-0.25, -0.2) is 13.2 Å². The Morgan fingerprint density at radius 2 is 1.79 bits per heavy atom. The standard InChI is InChI=1S/C20H20N2O6S/c1-3-29(26,27)17-11-7-4-8-14(17)20(25)28-13(2)19(24)22-12-18(23)21-15-9-5-6-10-16(15)22/h4-11,13H,3,12H2,1-2H3,(H,21,23)/t13-/m0/s1. The highest BCUT2D eigenvalue weighted by Crippen LogP contribution is 2.29. The fourth-order valence-electron chi connectivity index (χ4n) is 2.99. The largest absolute Gasteiger partial charge is 0.449 e. The van der Waals surface area contributed by atoms with Gasteiger partial charge in [0.05, 0.1) is 27.6 Å². The summed E-state index contributed by atoms with van der Waals surface area (Å²) in [6.45, 7) is 2.65. The van der Waals surface area contributed by atoms with Gasteiger partial charge in [0.25, 0.3) is 5.91 Å². The SMILES string of the molecule is CCS(=O)(=O)c1ccccc1C(=O)O[C@@H](C)C(=O)N1CC(=O)Nc2ccccc21. The molecule has 9 heteroatoms. The first-order valence-electron chi connectivity index (χ1n) is 8.97. The summed E-state index contributed by atoms with van der Waals surface area (Å²) < 4.78 is 29.7. The van der Waals surface area contributed by atoms with Crippen LogP contribution in [0.25, 0.3) is 0 Å². The third-order valence-electron chi connectivity index (χ3n) is 4.49. The van der Waals surface area contributed by atoms with E-state index >= 15 is 0 Å². The van der Waals surface area contributed by atoms with Crippen LogP contribution in [0.5, 0.6) is 0 Å². The van der Waals surface area contributed by atoms with E-state index in [1.807, 2.05) is 0 Å². The number of amides is 2. The zero-order chi connectivity index (χ0) is 21.2. The summed E-state index contributed by atoms with van der Waals surface area (Å²) in [7, 11) is -3.65. The van der Waals surface area contributed by atoms with E-state index in [0.29, 0.717) is 11.4 Å². The molecular formula is C20H20N2O6S. The Kier molecular flexibility index (Phi) is 5.69. The number of para-hydroxylation sites is 2. The minimum Gasteiger partial charge on any atom is -0.449 e. The van der Waals surface area contributed by atoms with Crippen LogP contribution < -0.4 is 10.2 Å². The molecule has 3 rings (SSSR count). The van der Waals surface area contributed by atoms with Crippen molar-refractivity contribution in [3.05, 3.63) is 54.1 Å². The molecule has 29 heavy (non-hydrogen) atoms. The van der Waals surface area contributed by atoms with E-state index in [2.05, 4.69) is 5.32 Å². The monoisotopic (exact) mass is 416 g/mol. The van der Waals surface area contributed by atoms with Crippen molar-refractivity contribution in [1.29, 1.82) is 0 Å². The number of carbonyl (C=O) groups is 3. The number of carbonyl (C=O) groups excluding carboxylic acids is 3. The van der Waals surface area contributed by atoms with Crippen molar-refractivity contribution in [1.82, 2.24) is 0 Å². The molecule has 0 unspecified atom stereocenters. The van der Waals surface area contributed by atoms with E-state index in [0.717, 1.165) is 0 Å². The van der Waals surface area contributed by atoms with Crippen LogP contribution in [0.1, 0.15) is 24.2 Å². The van der Waals surface area contributed by atoms with Gasteiger partial charge in [-0.2, -0.15) is 0 Å². The maximum absolute atomic E-state index is 12.9. The highest BCUT2D eigenvalue weighted by atomic mass is 32.2. The van der Waals surface area contributed by atoms with E-state index in [4.69, 9.17) is 4.74 Å². The maximum atomic E-state index is 12.9. The van der Waals surface area contributed by atoms with Gasteiger partial charge >= 0.3 is 5.97 Å². The number of hydrogen-bond donors (Lipinski definition) is 1. The quantitative estimate of drug-likeness (QED) is 0.747. The second-order valence-electron chi connectivity index (χ2n) is 6.44. The number of fused-ring (bicyclic) bond motifs is 1. The molecule has 1 aliphatic heterocycles. The second-order valence-corrected chi connectivity index (χ2v) is 8.68. The zero-order valence-electron chi connectivity index (χ0n) is 15.9. The zero-order valence-corrected chi connectivity index (χ0v) is 16.7. The first-order valence-corrected chi connectivity index (χ1v) is 10.6. The molecule has 8 nitrogen and oxygen atoms in total. The van der Waals surface area contributed by atoms with Crippen molar-refractivity contribution in [2.24, 2.45) is 0 Å². The number of ether oxygens (including phenoxy) is 1. The van der Waals surface area contributed by atoms with Gasteiger partial charge in [0.1, 0.15) is 6.54 Å². The summed E-state index contributed by atoms with van der Waals surface area (Å²) in [4.78, 5) is 38.5. The Morgan fingerprint density at radius 3 is 2.52 bits per heavy atom. The number of benzene rings is 2. The highest BCUT2D eigenvalue weighted by molar-refractivity contribution is 7.91. The van der Waals surface area contributed by atoms with Gasteiger partial charge in [-0.05, 0) is 31.2 Å². The fourth-order valence-corrected chi connectivity index (χ4v) is 4.07. The molecule has 2 aromatic rings. The van der Waals surface area contributed by atoms with Gasteiger partial charge in [-0.15, -0.1) is 0 Å². The molecule has 0 saturated heterocycles. The van der Waals surface area contributed by atoms with Crippen molar-refractivity contribution in [3.63, 3.8) is 0 Å². The molecule has 0 bridgehead atoms. The lowest BCUT2D eigenvalue weighted by atomic mass is 10.1. The molecule has 2 aromatic carbocycles. The van der Waals surface area contributed by atoms with Crippen molar-refractivity contribution < 1.29 is 27.5 Å². The van der Waals surface area contributed by atoms with Gasteiger partial charge in [-0.1, -0.05) is 31.2 Å². The Bertz CT molecular complexity index is 1080. The third kappa shape index (κ3) is 4.14. The molecule has 0 aromatic heterocycles. The third-order valence-corrected chi connectivity index (χ3v) is 6.28. The van der Waals surface area contributed by atoms with Crippen LogP contribution >= 0.6 is 0 Å². The van der Waals surface area contributed by atoms with Crippen LogP contribution in [0.4, 0.5) is 11.4 Å². The molecular weight excluding hydrogens is 396 g/mol. The van der Waals surface area contributed by atoms with E-state index in [1.54, 1.807) is 24.3 Å². The topological polar surface area (TPSA) is 110 Å². The van der Waals surface area contributed by atoms with Gasteiger partial charge in [0, 0.05) is 0 Å². The highest BCUT2D eigenvalue weighted by Gasteiger charge is 2.32. The predicted octanol–water partition coefficient (Wildman–Crippen LogP) is 2.01. The van der Waals surface area contributed by atoms with Crippen LogP contribution in [0.15, 0.2) is 53.4 Å². The second kappa shape index (κ2) is 8.04. The number of nitrogens with one attached hydrogen (secondary N) is 1. The van der Waals surface area contributed by atoms with Crippen LogP contribution in [0, 0.1) is 0 Å². The number of sulfone groups is 1. The molecule has 0 spiro atoms. The predicted molar refractivity (Wildman–Crippen MR) is 106 cm³/mol. The minimum atomic E-state index is -3.65. The Morgan fingerprint density at radius 1 is 1.14 bits per heavy atom. The van der Waals surface area contributed by atoms with Crippen LogP contribution in [0.2, 0.25) is 0 Å². The first kappa shape index (κ1) is 20.5. The van der Waals surface area contributed by atoms with E-state index in [-0.39, 0.29) is 28.7 Å². The van der Waals surface area contributed by atoms with Crippen LogP contribution in [-0.2, 0) is 24.2 Å². The summed E-state index contributed by atoms with van der Waals surface area (Å²) in [5.41, 5.74) is 0.842. The molecule has 0 radical (unpaired) electrons. The number of esters is 1. The molecule has 1 atom stereocenters. The molecule has 0 aliphatic carbocycles. The van der Waals surface area contributed by atoms with Gasteiger partial charge in [0.2, 0.25) is 5.91 Å². The summed E-state index contributed by atoms with van der Waals surface area (Å²) in [5.74, 6) is -2.05.